The van der Waals surface area contributed by atoms with Crippen molar-refractivity contribution in [3.05, 3.63) is 0 Å². The van der Waals surface area contributed by atoms with Crippen LogP contribution in [-0.4, -0.2) is 58.9 Å². The first-order chi connectivity index (χ1) is 9.10. The molecule has 1 aliphatic rings. The van der Waals surface area contributed by atoms with Crippen LogP contribution < -0.4 is 0 Å². The first-order valence-electron chi connectivity index (χ1n) is 6.91. The van der Waals surface area contributed by atoms with E-state index in [0.29, 0.717) is 0 Å². The first-order valence-corrected chi connectivity index (χ1v) is 6.91. The Morgan fingerprint density at radius 1 is 1.30 bits per heavy atom. The van der Waals surface area contributed by atoms with Crippen LogP contribution in [0.1, 0.15) is 40.5 Å². The molecule has 6 heteroatoms. The lowest BCUT2D eigenvalue weighted by Gasteiger charge is -2.52. The van der Waals surface area contributed by atoms with Gasteiger partial charge in [0.05, 0.1) is 12.7 Å². The Hall–Kier alpha value is -0.690. The number of aliphatic carboxylic acids is 1. The molecular formula is C14H27NO5. The zero-order valence-corrected chi connectivity index (χ0v) is 13.0. The lowest BCUT2D eigenvalue weighted by atomic mass is 9.73. The Morgan fingerprint density at radius 2 is 1.80 bits per heavy atom. The molecule has 0 aromatic heterocycles. The molecule has 0 bridgehead atoms. The number of carboxylic acids is 1. The minimum absolute atomic E-state index is 0.165. The van der Waals surface area contributed by atoms with Crippen LogP contribution in [0.4, 0.5) is 0 Å². The number of piperidine rings is 1. The summed E-state index contributed by atoms with van der Waals surface area (Å²) in [4.78, 5) is 10.5. The molecule has 0 aromatic rings. The third-order valence-electron chi connectivity index (χ3n) is 4.01. The number of rotatable bonds is 6. The van der Waals surface area contributed by atoms with Gasteiger partial charge < -0.3 is 19.8 Å². The zero-order chi connectivity index (χ0) is 15.6. The van der Waals surface area contributed by atoms with Crippen molar-refractivity contribution in [3.8, 4) is 0 Å². The SMILES string of the molecule is COC(COCC(=O)O)C1CC(C)(C)N(O)C(C)(C)C1. The van der Waals surface area contributed by atoms with Gasteiger partial charge in [-0.2, -0.15) is 5.06 Å². The van der Waals surface area contributed by atoms with Gasteiger partial charge in [-0.05, 0) is 46.5 Å². The van der Waals surface area contributed by atoms with Crippen LogP contribution in [0.2, 0.25) is 0 Å². The highest BCUT2D eigenvalue weighted by molar-refractivity contribution is 5.67. The number of methoxy groups -OCH3 is 1. The van der Waals surface area contributed by atoms with E-state index in [1.165, 1.54) is 5.06 Å². The average Bonchev–Trinajstić information content (AvgIpc) is 2.30. The maximum absolute atomic E-state index is 10.5. The van der Waals surface area contributed by atoms with Crippen molar-refractivity contribution >= 4 is 5.97 Å². The number of ether oxygens (including phenoxy) is 2. The number of carboxylic acid groups (broad SMARTS) is 1. The number of hydrogen-bond acceptors (Lipinski definition) is 5. The highest BCUT2D eigenvalue weighted by Crippen LogP contribution is 2.41. The lowest BCUT2D eigenvalue weighted by Crippen LogP contribution is -2.60. The molecular weight excluding hydrogens is 262 g/mol. The van der Waals surface area contributed by atoms with Crippen LogP contribution in [0.25, 0.3) is 0 Å². The van der Waals surface area contributed by atoms with E-state index >= 15 is 0 Å². The van der Waals surface area contributed by atoms with Crippen LogP contribution in [-0.2, 0) is 14.3 Å². The Balaban J connectivity index is 2.70. The molecule has 1 atom stereocenters. The molecule has 1 heterocycles. The third-order valence-corrected chi connectivity index (χ3v) is 4.01. The molecule has 0 radical (unpaired) electrons. The molecule has 1 unspecified atom stereocenters. The Labute approximate surface area is 120 Å². The van der Waals surface area contributed by atoms with E-state index in [0.717, 1.165) is 12.8 Å². The van der Waals surface area contributed by atoms with Gasteiger partial charge >= 0.3 is 5.97 Å². The highest BCUT2D eigenvalue weighted by atomic mass is 16.5. The second kappa shape index (κ2) is 6.39. The van der Waals surface area contributed by atoms with Gasteiger partial charge in [-0.3, -0.25) is 0 Å². The number of hydrogen-bond donors (Lipinski definition) is 2. The first kappa shape index (κ1) is 17.4. The van der Waals surface area contributed by atoms with Gasteiger partial charge in [-0.1, -0.05) is 0 Å². The lowest BCUT2D eigenvalue weighted by molar-refractivity contribution is -0.258. The average molecular weight is 289 g/mol. The van der Waals surface area contributed by atoms with E-state index in [1.54, 1.807) is 7.11 Å². The molecule has 1 saturated heterocycles. The van der Waals surface area contributed by atoms with Crippen molar-refractivity contribution in [1.29, 1.82) is 0 Å². The maximum atomic E-state index is 10.5. The highest BCUT2D eigenvalue weighted by Gasteiger charge is 2.47. The number of nitrogens with zero attached hydrogens (tertiary/aromatic N) is 1. The second-order valence-corrected chi connectivity index (χ2v) is 6.79. The van der Waals surface area contributed by atoms with Gasteiger partial charge in [0.25, 0.3) is 0 Å². The Bertz CT molecular complexity index is 324. The van der Waals surface area contributed by atoms with Gasteiger partial charge in [0, 0.05) is 18.2 Å². The summed E-state index contributed by atoms with van der Waals surface area (Å²) in [5.74, 6) is -0.770. The fraction of sp³-hybridized carbons (Fsp3) is 0.929. The van der Waals surface area contributed by atoms with Crippen LogP contribution >= 0.6 is 0 Å². The third kappa shape index (κ3) is 4.15. The Morgan fingerprint density at radius 3 is 2.20 bits per heavy atom. The van der Waals surface area contributed by atoms with Gasteiger partial charge in [-0.15, -0.1) is 0 Å². The largest absolute Gasteiger partial charge is 0.480 e. The molecule has 6 nitrogen and oxygen atoms in total. The fourth-order valence-corrected chi connectivity index (χ4v) is 3.27. The van der Waals surface area contributed by atoms with Crippen molar-refractivity contribution in [3.63, 3.8) is 0 Å². The summed E-state index contributed by atoms with van der Waals surface area (Å²) in [6.45, 7) is 7.91. The summed E-state index contributed by atoms with van der Waals surface area (Å²) in [6.07, 6.45) is 1.37. The van der Waals surface area contributed by atoms with Crippen molar-refractivity contribution in [1.82, 2.24) is 5.06 Å². The summed E-state index contributed by atoms with van der Waals surface area (Å²) in [5, 5.41) is 20.3. The smallest absolute Gasteiger partial charge is 0.329 e. The molecule has 1 rings (SSSR count). The molecule has 1 fully saturated rings. The van der Waals surface area contributed by atoms with Crippen molar-refractivity contribution in [2.75, 3.05) is 20.3 Å². The van der Waals surface area contributed by atoms with Gasteiger partial charge in [0.15, 0.2) is 0 Å². The van der Waals surface area contributed by atoms with E-state index in [4.69, 9.17) is 14.6 Å². The monoisotopic (exact) mass is 289 g/mol. The topological polar surface area (TPSA) is 79.2 Å². The van der Waals surface area contributed by atoms with E-state index in [2.05, 4.69) is 0 Å². The maximum Gasteiger partial charge on any atom is 0.329 e. The van der Waals surface area contributed by atoms with Crippen molar-refractivity contribution in [2.24, 2.45) is 5.92 Å². The molecule has 118 valence electrons. The molecule has 0 aliphatic carbocycles. The summed E-state index contributed by atoms with van der Waals surface area (Å²) < 4.78 is 10.6. The molecule has 20 heavy (non-hydrogen) atoms. The molecule has 0 amide bonds. The van der Waals surface area contributed by atoms with Crippen molar-refractivity contribution in [2.45, 2.75) is 57.7 Å². The minimum Gasteiger partial charge on any atom is -0.480 e. The number of hydroxylamine groups is 2. The Kier molecular flexibility index (Phi) is 5.54. The summed E-state index contributed by atoms with van der Waals surface area (Å²) in [6, 6.07) is 0. The summed E-state index contributed by atoms with van der Waals surface area (Å²) in [7, 11) is 1.61. The normalized spacial score (nSPS) is 24.5. The van der Waals surface area contributed by atoms with Gasteiger partial charge in [0.1, 0.15) is 6.61 Å². The van der Waals surface area contributed by atoms with Crippen LogP contribution in [0.3, 0.4) is 0 Å². The molecule has 0 saturated carbocycles. The molecule has 1 aliphatic heterocycles. The van der Waals surface area contributed by atoms with Gasteiger partial charge in [-0.25, -0.2) is 4.79 Å². The van der Waals surface area contributed by atoms with E-state index in [-0.39, 0.29) is 36.3 Å². The van der Waals surface area contributed by atoms with E-state index in [1.807, 2.05) is 27.7 Å². The minimum atomic E-state index is -0.981. The number of carbonyl (C=O) groups is 1. The van der Waals surface area contributed by atoms with Crippen molar-refractivity contribution < 1.29 is 24.6 Å². The summed E-state index contributed by atoms with van der Waals surface area (Å²) in [5.41, 5.74) is -0.702. The van der Waals surface area contributed by atoms with Crippen LogP contribution in [0, 0.1) is 5.92 Å². The summed E-state index contributed by atoms with van der Waals surface area (Å²) >= 11 is 0. The van der Waals surface area contributed by atoms with Crippen LogP contribution in [0.5, 0.6) is 0 Å². The predicted octanol–water partition coefficient (Wildman–Crippen LogP) is 1.76. The molecule has 0 spiro atoms. The van der Waals surface area contributed by atoms with E-state index < -0.39 is 5.97 Å². The standard InChI is InChI=1S/C14H27NO5/c1-13(2)6-10(7-14(3,4)15(13)18)11(19-5)8-20-9-12(16)17/h10-11,18H,6-9H2,1-5H3,(H,16,17). The molecule has 0 aromatic carbocycles. The zero-order valence-electron chi connectivity index (χ0n) is 13.0. The second-order valence-electron chi connectivity index (χ2n) is 6.79. The fourth-order valence-electron chi connectivity index (χ4n) is 3.27. The van der Waals surface area contributed by atoms with Gasteiger partial charge in [0.2, 0.25) is 0 Å². The predicted molar refractivity (Wildman–Crippen MR) is 73.8 cm³/mol. The van der Waals surface area contributed by atoms with Crippen LogP contribution in [0.15, 0.2) is 0 Å². The van der Waals surface area contributed by atoms with E-state index in [9.17, 15) is 10.0 Å². The quantitative estimate of drug-likeness (QED) is 0.775. The molecule has 2 N–H and O–H groups in total.